The van der Waals surface area contributed by atoms with Crippen molar-refractivity contribution < 1.29 is 19.4 Å². The minimum Gasteiger partial charge on any atom is -0.480 e. The molecule has 0 unspecified atom stereocenters. The number of hydrogen-bond donors (Lipinski definition) is 2. The molecule has 0 aliphatic carbocycles. The van der Waals surface area contributed by atoms with Crippen molar-refractivity contribution in [2.45, 2.75) is 13.0 Å². The molecule has 9 nitrogen and oxygen atoms in total. The molecule has 0 saturated heterocycles. The molecule has 1 amide bonds. The number of rotatable bonds is 8. The minimum absolute atomic E-state index is 0.0259. The average molecular weight is 349 g/mol. The molecular weight excluding hydrogens is 330 g/mol. The highest BCUT2D eigenvalue weighted by Gasteiger charge is 2.17. The molecule has 0 atom stereocenters. The molecule has 0 radical (unpaired) electrons. The second-order valence-electron chi connectivity index (χ2n) is 5.38. The molecule has 134 valence electrons. The first-order valence-electron chi connectivity index (χ1n) is 7.64. The molecular formula is C16H19N3O6. The first kappa shape index (κ1) is 18.4. The lowest BCUT2D eigenvalue weighted by Gasteiger charge is -2.20. The number of para-hydroxylation sites is 1. The molecule has 0 aliphatic rings. The number of ether oxygens (including phenoxy) is 1. The summed E-state index contributed by atoms with van der Waals surface area (Å²) >= 11 is 0. The van der Waals surface area contributed by atoms with Crippen LogP contribution in [0.1, 0.15) is 6.42 Å². The van der Waals surface area contributed by atoms with Crippen molar-refractivity contribution in [2.75, 3.05) is 26.8 Å². The highest BCUT2D eigenvalue weighted by atomic mass is 16.5. The Hall–Kier alpha value is -2.94. The number of nitrogens with zero attached hydrogens (tertiary/aromatic N) is 2. The molecule has 2 N–H and O–H groups in total. The van der Waals surface area contributed by atoms with Gasteiger partial charge in [-0.3, -0.25) is 23.9 Å². The van der Waals surface area contributed by atoms with Crippen LogP contribution in [0.3, 0.4) is 0 Å². The number of amides is 1. The predicted octanol–water partition coefficient (Wildman–Crippen LogP) is -0.360. The molecule has 0 spiro atoms. The van der Waals surface area contributed by atoms with Gasteiger partial charge in [0.05, 0.1) is 17.5 Å². The van der Waals surface area contributed by atoms with E-state index in [2.05, 4.69) is 4.98 Å². The Kier molecular flexibility index (Phi) is 6.07. The van der Waals surface area contributed by atoms with Crippen LogP contribution in [0, 0.1) is 0 Å². The van der Waals surface area contributed by atoms with Gasteiger partial charge < -0.3 is 14.7 Å². The summed E-state index contributed by atoms with van der Waals surface area (Å²) in [7, 11) is 1.45. The third-order valence-corrected chi connectivity index (χ3v) is 3.70. The number of H-pyrrole nitrogens is 1. The van der Waals surface area contributed by atoms with Crippen LogP contribution in [0.25, 0.3) is 10.9 Å². The lowest BCUT2D eigenvalue weighted by atomic mass is 10.2. The van der Waals surface area contributed by atoms with E-state index in [4.69, 9.17) is 9.84 Å². The fourth-order valence-electron chi connectivity index (χ4n) is 2.49. The van der Waals surface area contributed by atoms with Gasteiger partial charge in [0.15, 0.2) is 0 Å². The van der Waals surface area contributed by atoms with Gasteiger partial charge in [-0.25, -0.2) is 4.79 Å². The van der Waals surface area contributed by atoms with Gasteiger partial charge in [-0.05, 0) is 12.1 Å². The number of carboxylic acids is 1. The Bertz CT molecular complexity index is 885. The van der Waals surface area contributed by atoms with E-state index in [0.29, 0.717) is 10.9 Å². The number of nitrogens with one attached hydrogen (secondary N) is 1. The summed E-state index contributed by atoms with van der Waals surface area (Å²) in [5, 5.41) is 9.25. The van der Waals surface area contributed by atoms with Crippen LogP contribution in [-0.2, 0) is 20.9 Å². The summed E-state index contributed by atoms with van der Waals surface area (Å²) in [6.07, 6.45) is -0.0764. The molecule has 2 aromatic rings. The molecule has 0 aliphatic heterocycles. The Morgan fingerprint density at radius 1 is 1.28 bits per heavy atom. The predicted molar refractivity (Wildman–Crippen MR) is 89.5 cm³/mol. The molecule has 0 fully saturated rings. The maximum atomic E-state index is 12.3. The lowest BCUT2D eigenvalue weighted by Crippen LogP contribution is -2.39. The third kappa shape index (κ3) is 4.54. The monoisotopic (exact) mass is 349 g/mol. The van der Waals surface area contributed by atoms with Crippen LogP contribution in [0.15, 0.2) is 33.9 Å². The molecule has 1 aromatic heterocycles. The van der Waals surface area contributed by atoms with Crippen molar-refractivity contribution in [3.05, 3.63) is 45.1 Å². The summed E-state index contributed by atoms with van der Waals surface area (Å²) < 4.78 is 6.17. The summed E-state index contributed by atoms with van der Waals surface area (Å²) in [4.78, 5) is 50.4. The van der Waals surface area contributed by atoms with Crippen LogP contribution in [0.5, 0.6) is 0 Å². The number of methoxy groups -OCH3 is 1. The zero-order valence-corrected chi connectivity index (χ0v) is 13.7. The normalized spacial score (nSPS) is 10.8. The van der Waals surface area contributed by atoms with Crippen molar-refractivity contribution in [3.63, 3.8) is 0 Å². The SMILES string of the molecule is COCCN(CC(=O)O)C(=O)CCn1c(=O)[nH]c(=O)c2ccccc21. The van der Waals surface area contributed by atoms with E-state index >= 15 is 0 Å². The molecule has 1 heterocycles. The summed E-state index contributed by atoms with van der Waals surface area (Å²) in [6.45, 7) is -0.0645. The Labute approximate surface area is 142 Å². The van der Waals surface area contributed by atoms with E-state index in [1.807, 2.05) is 0 Å². The molecule has 9 heteroatoms. The van der Waals surface area contributed by atoms with Crippen LogP contribution < -0.4 is 11.2 Å². The summed E-state index contributed by atoms with van der Waals surface area (Å²) in [5.41, 5.74) is -0.681. The molecule has 2 rings (SSSR count). The number of carboxylic acid groups (broad SMARTS) is 1. The third-order valence-electron chi connectivity index (χ3n) is 3.70. The maximum absolute atomic E-state index is 12.3. The highest BCUT2D eigenvalue weighted by Crippen LogP contribution is 2.07. The number of carbonyl (C=O) groups excluding carboxylic acids is 1. The number of aromatic nitrogens is 2. The summed E-state index contributed by atoms with van der Waals surface area (Å²) in [6, 6.07) is 6.57. The number of hydrogen-bond acceptors (Lipinski definition) is 5. The van der Waals surface area contributed by atoms with Crippen LogP contribution in [0.2, 0.25) is 0 Å². The number of aromatic amines is 1. The number of carbonyl (C=O) groups is 2. The van der Waals surface area contributed by atoms with Gasteiger partial charge in [-0.2, -0.15) is 0 Å². The van der Waals surface area contributed by atoms with Crippen molar-refractivity contribution in [3.8, 4) is 0 Å². The quantitative estimate of drug-likeness (QED) is 0.671. The fraction of sp³-hybridized carbons (Fsp3) is 0.375. The zero-order chi connectivity index (χ0) is 18.4. The standard InChI is InChI=1S/C16H19N3O6/c1-25-9-8-18(10-14(21)22)13(20)6-7-19-12-5-3-2-4-11(12)15(23)17-16(19)24/h2-5H,6-10H2,1H3,(H,21,22)(H,17,23,24). The van der Waals surface area contributed by atoms with E-state index in [0.717, 1.165) is 4.90 Å². The average Bonchev–Trinajstić information content (AvgIpc) is 2.57. The second kappa shape index (κ2) is 8.25. The second-order valence-corrected chi connectivity index (χ2v) is 5.38. The van der Waals surface area contributed by atoms with Crippen molar-refractivity contribution in [1.82, 2.24) is 14.5 Å². The van der Waals surface area contributed by atoms with E-state index in [1.54, 1.807) is 24.3 Å². The topological polar surface area (TPSA) is 122 Å². The van der Waals surface area contributed by atoms with Crippen LogP contribution in [0.4, 0.5) is 0 Å². The Balaban J connectivity index is 2.21. The van der Waals surface area contributed by atoms with Gasteiger partial charge in [0, 0.05) is 26.6 Å². The highest BCUT2D eigenvalue weighted by molar-refractivity contribution is 5.82. The van der Waals surface area contributed by atoms with Gasteiger partial charge in [-0.1, -0.05) is 12.1 Å². The molecule has 0 bridgehead atoms. The van der Waals surface area contributed by atoms with Crippen molar-refractivity contribution in [2.24, 2.45) is 0 Å². The van der Waals surface area contributed by atoms with Crippen molar-refractivity contribution >= 4 is 22.8 Å². The zero-order valence-electron chi connectivity index (χ0n) is 13.7. The largest absolute Gasteiger partial charge is 0.480 e. The number of benzene rings is 1. The first-order chi connectivity index (χ1) is 11.9. The van der Waals surface area contributed by atoms with Gasteiger partial charge >= 0.3 is 11.7 Å². The number of fused-ring (bicyclic) bond motifs is 1. The summed E-state index contributed by atoms with van der Waals surface area (Å²) in [5.74, 6) is -1.54. The number of aliphatic carboxylic acids is 1. The molecule has 0 saturated carbocycles. The molecule has 25 heavy (non-hydrogen) atoms. The van der Waals surface area contributed by atoms with E-state index in [1.165, 1.54) is 11.7 Å². The lowest BCUT2D eigenvalue weighted by molar-refractivity contribution is -0.145. The fourth-order valence-corrected chi connectivity index (χ4v) is 2.49. The van der Waals surface area contributed by atoms with Gasteiger partial charge in [0.2, 0.25) is 5.91 Å². The van der Waals surface area contributed by atoms with E-state index in [-0.39, 0.29) is 26.1 Å². The van der Waals surface area contributed by atoms with Gasteiger partial charge in [-0.15, -0.1) is 0 Å². The van der Waals surface area contributed by atoms with Gasteiger partial charge in [0.1, 0.15) is 6.54 Å². The Morgan fingerprint density at radius 3 is 2.68 bits per heavy atom. The van der Waals surface area contributed by atoms with Crippen LogP contribution in [-0.4, -0.2) is 58.2 Å². The van der Waals surface area contributed by atoms with Crippen LogP contribution >= 0.6 is 0 Å². The number of aryl methyl sites for hydroxylation is 1. The van der Waals surface area contributed by atoms with E-state index in [9.17, 15) is 19.2 Å². The van der Waals surface area contributed by atoms with Crippen molar-refractivity contribution in [1.29, 1.82) is 0 Å². The van der Waals surface area contributed by atoms with E-state index < -0.39 is 29.7 Å². The minimum atomic E-state index is -1.13. The van der Waals surface area contributed by atoms with Gasteiger partial charge in [0.25, 0.3) is 5.56 Å². The molecule has 1 aromatic carbocycles. The first-order valence-corrected chi connectivity index (χ1v) is 7.64. The smallest absolute Gasteiger partial charge is 0.328 e. The maximum Gasteiger partial charge on any atom is 0.328 e. The Morgan fingerprint density at radius 2 is 2.00 bits per heavy atom.